The van der Waals surface area contributed by atoms with Crippen molar-refractivity contribution >= 4 is 23.2 Å². The van der Waals surface area contributed by atoms with Crippen molar-refractivity contribution in [2.24, 2.45) is 5.84 Å². The van der Waals surface area contributed by atoms with Crippen molar-refractivity contribution in [3.05, 3.63) is 33.8 Å². The van der Waals surface area contributed by atoms with E-state index in [1.807, 2.05) is 6.07 Å². The van der Waals surface area contributed by atoms with Gasteiger partial charge in [-0.2, -0.15) is 0 Å². The summed E-state index contributed by atoms with van der Waals surface area (Å²) in [4.78, 5) is 0. The van der Waals surface area contributed by atoms with Crippen molar-refractivity contribution in [1.82, 2.24) is 5.43 Å². The third-order valence-electron chi connectivity index (χ3n) is 2.46. The molecule has 17 heavy (non-hydrogen) atoms. The highest BCUT2D eigenvalue weighted by Gasteiger charge is 2.20. The Morgan fingerprint density at radius 2 is 1.94 bits per heavy atom. The minimum absolute atomic E-state index is 0.191. The zero-order valence-electron chi connectivity index (χ0n) is 9.74. The first-order valence-electron chi connectivity index (χ1n) is 5.08. The quantitative estimate of drug-likeness (QED) is 0.475. The molecule has 96 valence electrons. The lowest BCUT2D eigenvalue weighted by Crippen LogP contribution is -2.47. The zero-order chi connectivity index (χ0) is 12.8. The lowest BCUT2D eigenvalue weighted by Gasteiger charge is -2.24. The van der Waals surface area contributed by atoms with Crippen molar-refractivity contribution < 1.29 is 9.47 Å². The van der Waals surface area contributed by atoms with Crippen LogP contribution in [-0.4, -0.2) is 26.6 Å². The highest BCUT2D eigenvalue weighted by Crippen LogP contribution is 2.22. The molecule has 1 aromatic carbocycles. The Morgan fingerprint density at radius 1 is 1.29 bits per heavy atom. The molecule has 0 bridgehead atoms. The number of hydrogen-bond donors (Lipinski definition) is 2. The molecule has 0 heterocycles. The SMILES string of the molecule is COC(OC)C(Cc1ccc(Cl)cc1Cl)NN. The first-order valence-corrected chi connectivity index (χ1v) is 5.83. The standard InChI is InChI=1S/C11H16Cl2N2O2/c1-16-11(17-2)10(15-14)5-7-3-4-8(12)6-9(7)13/h3-4,6,10-11,15H,5,14H2,1-2H3. The number of rotatable bonds is 6. The predicted molar refractivity (Wildman–Crippen MR) is 69.1 cm³/mol. The van der Waals surface area contributed by atoms with Gasteiger partial charge in [0.25, 0.3) is 0 Å². The molecule has 0 fully saturated rings. The topological polar surface area (TPSA) is 56.5 Å². The van der Waals surface area contributed by atoms with Crippen LogP contribution in [0.5, 0.6) is 0 Å². The van der Waals surface area contributed by atoms with Gasteiger partial charge < -0.3 is 9.47 Å². The number of hydrogen-bond acceptors (Lipinski definition) is 4. The van der Waals surface area contributed by atoms with Crippen LogP contribution in [0.4, 0.5) is 0 Å². The van der Waals surface area contributed by atoms with Crippen molar-refractivity contribution in [3.8, 4) is 0 Å². The first-order chi connectivity index (χ1) is 8.12. The van der Waals surface area contributed by atoms with E-state index in [1.54, 1.807) is 26.4 Å². The molecular weight excluding hydrogens is 263 g/mol. The second kappa shape index (κ2) is 7.16. The molecule has 0 saturated heterocycles. The van der Waals surface area contributed by atoms with Crippen LogP contribution in [0.1, 0.15) is 5.56 Å². The summed E-state index contributed by atoms with van der Waals surface area (Å²) in [5.41, 5.74) is 3.58. The van der Waals surface area contributed by atoms with Crippen LogP contribution < -0.4 is 11.3 Å². The molecule has 0 aliphatic carbocycles. The monoisotopic (exact) mass is 278 g/mol. The fourth-order valence-electron chi connectivity index (χ4n) is 1.58. The lowest BCUT2D eigenvalue weighted by atomic mass is 10.1. The van der Waals surface area contributed by atoms with E-state index in [-0.39, 0.29) is 6.04 Å². The summed E-state index contributed by atoms with van der Waals surface area (Å²) in [6.45, 7) is 0. The molecule has 0 aromatic heterocycles. The van der Waals surface area contributed by atoms with E-state index in [4.69, 9.17) is 38.5 Å². The summed E-state index contributed by atoms with van der Waals surface area (Å²) in [5.74, 6) is 5.47. The van der Waals surface area contributed by atoms with E-state index < -0.39 is 6.29 Å². The van der Waals surface area contributed by atoms with Crippen molar-refractivity contribution in [2.75, 3.05) is 14.2 Å². The predicted octanol–water partition coefficient (Wildman–Crippen LogP) is 1.99. The molecule has 0 saturated carbocycles. The fourth-order valence-corrected chi connectivity index (χ4v) is 2.07. The van der Waals surface area contributed by atoms with Gasteiger partial charge in [0, 0.05) is 24.3 Å². The normalized spacial score (nSPS) is 13.1. The third kappa shape index (κ3) is 4.10. The Labute approximate surface area is 111 Å². The summed E-state index contributed by atoms with van der Waals surface area (Å²) in [7, 11) is 3.12. The van der Waals surface area contributed by atoms with Gasteiger partial charge in [0.15, 0.2) is 6.29 Å². The van der Waals surface area contributed by atoms with Crippen LogP contribution >= 0.6 is 23.2 Å². The summed E-state index contributed by atoms with van der Waals surface area (Å²) in [5, 5.41) is 1.20. The minimum Gasteiger partial charge on any atom is -0.354 e. The van der Waals surface area contributed by atoms with Crippen LogP contribution in [0.15, 0.2) is 18.2 Å². The van der Waals surface area contributed by atoms with Crippen LogP contribution in [0.3, 0.4) is 0 Å². The van der Waals surface area contributed by atoms with Crippen molar-refractivity contribution in [1.29, 1.82) is 0 Å². The highest BCUT2D eigenvalue weighted by molar-refractivity contribution is 6.35. The van der Waals surface area contributed by atoms with Crippen LogP contribution in [0.25, 0.3) is 0 Å². The first kappa shape index (κ1) is 14.7. The second-order valence-electron chi connectivity index (χ2n) is 3.55. The summed E-state index contributed by atoms with van der Waals surface area (Å²) >= 11 is 11.9. The smallest absolute Gasteiger partial charge is 0.173 e. The van der Waals surface area contributed by atoms with E-state index in [0.29, 0.717) is 16.5 Å². The molecule has 0 aliphatic rings. The van der Waals surface area contributed by atoms with Crippen molar-refractivity contribution in [2.45, 2.75) is 18.8 Å². The summed E-state index contributed by atoms with van der Waals surface area (Å²) in [6, 6.07) is 5.15. The van der Waals surface area contributed by atoms with Gasteiger partial charge in [0.05, 0.1) is 6.04 Å². The van der Waals surface area contributed by atoms with E-state index in [9.17, 15) is 0 Å². The molecule has 4 nitrogen and oxygen atoms in total. The highest BCUT2D eigenvalue weighted by atomic mass is 35.5. The van der Waals surface area contributed by atoms with Crippen LogP contribution in [0, 0.1) is 0 Å². The van der Waals surface area contributed by atoms with Gasteiger partial charge in [-0.1, -0.05) is 29.3 Å². The Morgan fingerprint density at radius 3 is 2.41 bits per heavy atom. The van der Waals surface area contributed by atoms with Gasteiger partial charge in [-0.05, 0) is 24.1 Å². The molecule has 1 atom stereocenters. The maximum absolute atomic E-state index is 6.09. The Hall–Kier alpha value is -0.360. The number of halogens is 2. The number of methoxy groups -OCH3 is 2. The van der Waals surface area contributed by atoms with Crippen LogP contribution in [-0.2, 0) is 15.9 Å². The van der Waals surface area contributed by atoms with E-state index in [0.717, 1.165) is 5.56 Å². The lowest BCUT2D eigenvalue weighted by molar-refractivity contribution is -0.122. The number of nitrogens with one attached hydrogen (secondary N) is 1. The molecule has 1 unspecified atom stereocenters. The van der Waals surface area contributed by atoms with Gasteiger partial charge in [-0.25, -0.2) is 0 Å². The average Bonchev–Trinajstić information content (AvgIpc) is 2.32. The molecule has 0 aliphatic heterocycles. The van der Waals surface area contributed by atoms with E-state index >= 15 is 0 Å². The molecule has 6 heteroatoms. The van der Waals surface area contributed by atoms with Gasteiger partial charge in [-0.3, -0.25) is 11.3 Å². The number of benzene rings is 1. The maximum Gasteiger partial charge on any atom is 0.173 e. The van der Waals surface area contributed by atoms with E-state index in [2.05, 4.69) is 5.43 Å². The van der Waals surface area contributed by atoms with E-state index in [1.165, 1.54) is 0 Å². The molecule has 1 rings (SSSR count). The minimum atomic E-state index is -0.438. The maximum atomic E-state index is 6.09. The van der Waals surface area contributed by atoms with Gasteiger partial charge >= 0.3 is 0 Å². The van der Waals surface area contributed by atoms with Gasteiger partial charge in [0.2, 0.25) is 0 Å². The fraction of sp³-hybridized carbons (Fsp3) is 0.455. The Kier molecular flexibility index (Phi) is 6.19. The number of ether oxygens (including phenoxy) is 2. The third-order valence-corrected chi connectivity index (χ3v) is 3.05. The Balaban J connectivity index is 2.80. The van der Waals surface area contributed by atoms with Gasteiger partial charge in [0.1, 0.15) is 0 Å². The summed E-state index contributed by atoms with van der Waals surface area (Å²) in [6.07, 6.45) is 0.144. The van der Waals surface area contributed by atoms with Crippen LogP contribution in [0.2, 0.25) is 10.0 Å². The van der Waals surface area contributed by atoms with Gasteiger partial charge in [-0.15, -0.1) is 0 Å². The zero-order valence-corrected chi connectivity index (χ0v) is 11.3. The molecular formula is C11H16Cl2N2O2. The molecule has 0 radical (unpaired) electrons. The number of hydrazine groups is 1. The van der Waals surface area contributed by atoms with Crippen molar-refractivity contribution in [3.63, 3.8) is 0 Å². The largest absolute Gasteiger partial charge is 0.354 e. The molecule has 0 amide bonds. The molecule has 1 aromatic rings. The average molecular weight is 279 g/mol. The molecule has 0 spiro atoms. The summed E-state index contributed by atoms with van der Waals surface area (Å²) < 4.78 is 10.3. The number of nitrogens with two attached hydrogens (primary N) is 1. The molecule has 3 N–H and O–H groups in total. The second-order valence-corrected chi connectivity index (χ2v) is 4.40. The Bertz CT molecular complexity index is 359.